The van der Waals surface area contributed by atoms with Gasteiger partial charge in [-0.05, 0) is 17.9 Å². The van der Waals surface area contributed by atoms with Gasteiger partial charge in [0.15, 0.2) is 11.5 Å². The quantitative estimate of drug-likeness (QED) is 0.284. The summed E-state index contributed by atoms with van der Waals surface area (Å²) >= 11 is 1.41. The van der Waals surface area contributed by atoms with Crippen molar-refractivity contribution in [1.82, 2.24) is 0 Å². The number of thioether (sulfide) groups is 1. The molecule has 0 unspecified atom stereocenters. The summed E-state index contributed by atoms with van der Waals surface area (Å²) in [5.41, 5.74) is 6.08. The molecule has 0 aliphatic rings. The van der Waals surface area contributed by atoms with E-state index in [0.717, 1.165) is 5.75 Å². The van der Waals surface area contributed by atoms with Crippen LogP contribution in [0.2, 0.25) is 0 Å². The molecule has 0 spiro atoms. The molecule has 0 bridgehead atoms. The molecule has 1 aromatic carbocycles. The summed E-state index contributed by atoms with van der Waals surface area (Å²) in [6, 6.07) is 2.96. The molecule has 4 N–H and O–H groups in total. The maximum atomic E-state index is 9.36. The molecule has 12 heavy (non-hydrogen) atoms. The number of hydrogen-bond donors (Lipinski definition) is 3. The Balaban J connectivity index is 3.14. The highest BCUT2D eigenvalue weighted by Gasteiger charge is 2.09. The zero-order valence-corrected chi connectivity index (χ0v) is 7.56. The molecule has 66 valence electrons. The molecule has 0 amide bonds. The van der Waals surface area contributed by atoms with Crippen molar-refractivity contribution in [2.75, 3.05) is 11.5 Å². The SMILES string of the molecule is CCSc1c(N)ccc(O)c1O. The van der Waals surface area contributed by atoms with Crippen LogP contribution >= 0.6 is 11.8 Å². The number of phenols is 2. The van der Waals surface area contributed by atoms with E-state index in [-0.39, 0.29) is 11.5 Å². The molecule has 4 heteroatoms. The van der Waals surface area contributed by atoms with Crippen LogP contribution in [-0.4, -0.2) is 16.0 Å². The van der Waals surface area contributed by atoms with E-state index >= 15 is 0 Å². The van der Waals surface area contributed by atoms with Crippen LogP contribution in [0.4, 0.5) is 5.69 Å². The van der Waals surface area contributed by atoms with Crippen molar-refractivity contribution in [2.24, 2.45) is 0 Å². The van der Waals surface area contributed by atoms with Gasteiger partial charge >= 0.3 is 0 Å². The van der Waals surface area contributed by atoms with E-state index in [1.807, 2.05) is 6.92 Å². The van der Waals surface area contributed by atoms with E-state index in [1.165, 1.54) is 17.8 Å². The van der Waals surface area contributed by atoms with Gasteiger partial charge in [-0.3, -0.25) is 0 Å². The minimum absolute atomic E-state index is 0.123. The summed E-state index contributed by atoms with van der Waals surface area (Å²) in [6.45, 7) is 1.95. The Hall–Kier alpha value is -1.03. The summed E-state index contributed by atoms with van der Waals surface area (Å²) in [7, 11) is 0. The van der Waals surface area contributed by atoms with E-state index in [1.54, 1.807) is 6.07 Å². The van der Waals surface area contributed by atoms with Crippen molar-refractivity contribution in [3.8, 4) is 11.5 Å². The number of hydrogen-bond acceptors (Lipinski definition) is 4. The summed E-state index contributed by atoms with van der Waals surface area (Å²) < 4.78 is 0. The highest BCUT2D eigenvalue weighted by Crippen LogP contribution is 2.39. The second-order valence-electron chi connectivity index (χ2n) is 2.28. The van der Waals surface area contributed by atoms with Crippen molar-refractivity contribution in [3.63, 3.8) is 0 Å². The number of aromatic hydroxyl groups is 2. The molecule has 0 radical (unpaired) electrons. The first-order valence-corrected chi connectivity index (χ1v) is 4.58. The van der Waals surface area contributed by atoms with E-state index < -0.39 is 0 Å². The second kappa shape index (κ2) is 3.58. The lowest BCUT2D eigenvalue weighted by atomic mass is 10.3. The van der Waals surface area contributed by atoms with Crippen LogP contribution in [0.5, 0.6) is 11.5 Å². The van der Waals surface area contributed by atoms with E-state index in [9.17, 15) is 5.11 Å². The number of nitrogens with two attached hydrogens (primary N) is 1. The van der Waals surface area contributed by atoms with Crippen molar-refractivity contribution >= 4 is 17.4 Å². The standard InChI is InChI=1S/C8H11NO2S/c1-2-12-8-5(9)3-4-6(10)7(8)11/h3-4,10-11H,2,9H2,1H3. The number of rotatable bonds is 2. The number of nitrogen functional groups attached to an aromatic ring is 1. The van der Waals surface area contributed by atoms with Gasteiger partial charge in [0.25, 0.3) is 0 Å². The van der Waals surface area contributed by atoms with Gasteiger partial charge in [0, 0.05) is 5.69 Å². The van der Waals surface area contributed by atoms with Gasteiger partial charge in [-0.2, -0.15) is 0 Å². The van der Waals surface area contributed by atoms with Gasteiger partial charge in [-0.25, -0.2) is 0 Å². The van der Waals surface area contributed by atoms with Crippen molar-refractivity contribution in [3.05, 3.63) is 12.1 Å². The van der Waals surface area contributed by atoms with Crippen molar-refractivity contribution in [2.45, 2.75) is 11.8 Å². The molecule has 1 aromatic rings. The highest BCUT2D eigenvalue weighted by molar-refractivity contribution is 7.99. The molecule has 1 rings (SSSR count). The van der Waals surface area contributed by atoms with Crippen LogP contribution in [-0.2, 0) is 0 Å². The fourth-order valence-electron chi connectivity index (χ4n) is 0.872. The minimum Gasteiger partial charge on any atom is -0.504 e. The second-order valence-corrected chi connectivity index (χ2v) is 3.56. The van der Waals surface area contributed by atoms with E-state index in [2.05, 4.69) is 0 Å². The van der Waals surface area contributed by atoms with Gasteiger partial charge in [-0.15, -0.1) is 11.8 Å². The van der Waals surface area contributed by atoms with Crippen LogP contribution in [0.3, 0.4) is 0 Å². The van der Waals surface area contributed by atoms with Gasteiger partial charge in [0.05, 0.1) is 4.90 Å². The summed E-state index contributed by atoms with van der Waals surface area (Å²) in [5.74, 6) is 0.559. The maximum Gasteiger partial charge on any atom is 0.173 e. The Morgan fingerprint density at radius 1 is 1.42 bits per heavy atom. The third-order valence-electron chi connectivity index (χ3n) is 1.43. The average Bonchev–Trinajstić information content (AvgIpc) is 2.06. The number of phenolic OH excluding ortho intramolecular Hbond substituents is 2. The third-order valence-corrected chi connectivity index (χ3v) is 2.44. The zero-order chi connectivity index (χ0) is 9.14. The predicted octanol–water partition coefficient (Wildman–Crippen LogP) is 1.79. The molecule has 0 fully saturated rings. The normalized spacial score (nSPS) is 10.1. The van der Waals surface area contributed by atoms with Crippen LogP contribution in [0.1, 0.15) is 6.92 Å². The zero-order valence-electron chi connectivity index (χ0n) is 6.74. The molecule has 3 nitrogen and oxygen atoms in total. The van der Waals surface area contributed by atoms with Gasteiger partial charge in [0.1, 0.15) is 0 Å². The minimum atomic E-state index is -0.125. The molecule has 0 aliphatic carbocycles. The molecule has 0 aromatic heterocycles. The van der Waals surface area contributed by atoms with E-state index in [4.69, 9.17) is 10.8 Å². The maximum absolute atomic E-state index is 9.36. The Morgan fingerprint density at radius 2 is 2.08 bits per heavy atom. The fourth-order valence-corrected chi connectivity index (χ4v) is 1.64. The third kappa shape index (κ3) is 1.58. The van der Waals surface area contributed by atoms with Gasteiger partial charge < -0.3 is 15.9 Å². The summed E-state index contributed by atoms with van der Waals surface area (Å²) in [5, 5.41) is 18.5. The average molecular weight is 185 g/mol. The first kappa shape index (κ1) is 9.06. The van der Waals surface area contributed by atoms with E-state index in [0.29, 0.717) is 10.6 Å². The topological polar surface area (TPSA) is 66.5 Å². The Kier molecular flexibility index (Phi) is 2.70. The molecule has 0 aliphatic heterocycles. The van der Waals surface area contributed by atoms with Gasteiger partial charge in [-0.1, -0.05) is 6.92 Å². The summed E-state index contributed by atoms with van der Waals surface area (Å²) in [6.07, 6.45) is 0. The van der Waals surface area contributed by atoms with Crippen LogP contribution in [0, 0.1) is 0 Å². The molecule has 0 heterocycles. The van der Waals surface area contributed by atoms with Crippen LogP contribution in [0.25, 0.3) is 0 Å². The first-order valence-electron chi connectivity index (χ1n) is 3.60. The smallest absolute Gasteiger partial charge is 0.173 e. The molecule has 0 saturated carbocycles. The highest BCUT2D eigenvalue weighted by atomic mass is 32.2. The van der Waals surface area contributed by atoms with Crippen LogP contribution < -0.4 is 5.73 Å². The van der Waals surface area contributed by atoms with Crippen molar-refractivity contribution < 1.29 is 10.2 Å². The summed E-state index contributed by atoms with van der Waals surface area (Å²) in [4.78, 5) is 0.553. The lowest BCUT2D eigenvalue weighted by Gasteiger charge is -2.07. The first-order chi connectivity index (χ1) is 5.66. The van der Waals surface area contributed by atoms with Crippen LogP contribution in [0.15, 0.2) is 17.0 Å². The predicted molar refractivity (Wildman–Crippen MR) is 50.6 cm³/mol. The lowest BCUT2D eigenvalue weighted by Crippen LogP contribution is -1.88. The largest absolute Gasteiger partial charge is 0.504 e. The Morgan fingerprint density at radius 3 is 2.67 bits per heavy atom. The van der Waals surface area contributed by atoms with Gasteiger partial charge in [0.2, 0.25) is 0 Å². The number of benzene rings is 1. The molecule has 0 saturated heterocycles. The molecular formula is C8H11NO2S. The Labute approximate surface area is 75.2 Å². The monoisotopic (exact) mass is 185 g/mol. The van der Waals surface area contributed by atoms with Crippen molar-refractivity contribution in [1.29, 1.82) is 0 Å². The lowest BCUT2D eigenvalue weighted by molar-refractivity contribution is 0.395. The number of anilines is 1. The fraction of sp³-hybridized carbons (Fsp3) is 0.250. The Bertz CT molecular complexity index is 289. The molecular weight excluding hydrogens is 174 g/mol. The molecule has 0 atom stereocenters.